The van der Waals surface area contributed by atoms with Crippen LogP contribution in [0.5, 0.6) is 0 Å². The van der Waals surface area contributed by atoms with Crippen molar-refractivity contribution in [1.29, 1.82) is 0 Å². The summed E-state index contributed by atoms with van der Waals surface area (Å²) in [4.78, 5) is 0. The smallest absolute Gasteiger partial charge is 0.101 e. The lowest BCUT2D eigenvalue weighted by atomic mass is 9.69. The first-order valence-electron chi connectivity index (χ1n) is 5.98. The molecule has 0 aromatic heterocycles. The van der Waals surface area contributed by atoms with Crippen LogP contribution >= 0.6 is 0 Å². The predicted octanol–water partition coefficient (Wildman–Crippen LogP) is 1.63. The second kappa shape index (κ2) is 3.56. The first kappa shape index (κ1) is 12.1. The predicted molar refractivity (Wildman–Crippen MR) is 62.1 cm³/mol. The van der Waals surface area contributed by atoms with E-state index >= 15 is 0 Å². The Bertz CT molecular complexity index is 317. The van der Waals surface area contributed by atoms with Gasteiger partial charge in [0.15, 0.2) is 0 Å². The Labute approximate surface area is 97.1 Å². The van der Waals surface area contributed by atoms with Crippen molar-refractivity contribution < 1.29 is 14.9 Å². The summed E-state index contributed by atoms with van der Waals surface area (Å²) in [5.41, 5.74) is -0.178. The second-order valence-electron chi connectivity index (χ2n) is 6.11. The third-order valence-corrected chi connectivity index (χ3v) is 3.91. The first-order chi connectivity index (χ1) is 7.23. The van der Waals surface area contributed by atoms with Crippen molar-refractivity contribution in [2.45, 2.75) is 63.9 Å². The molecule has 0 aromatic rings. The van der Waals surface area contributed by atoms with E-state index in [0.29, 0.717) is 6.42 Å². The van der Waals surface area contributed by atoms with Gasteiger partial charge in [-0.15, -0.1) is 0 Å². The molecule has 92 valence electrons. The fourth-order valence-corrected chi connectivity index (χ4v) is 3.20. The molecule has 1 saturated heterocycles. The molecule has 4 atom stereocenters. The third-order valence-electron chi connectivity index (χ3n) is 3.91. The molecule has 0 aromatic carbocycles. The van der Waals surface area contributed by atoms with Crippen molar-refractivity contribution in [2.75, 3.05) is 0 Å². The summed E-state index contributed by atoms with van der Waals surface area (Å²) in [6.45, 7) is 7.72. The van der Waals surface area contributed by atoms with E-state index in [9.17, 15) is 10.2 Å². The maximum Gasteiger partial charge on any atom is 0.101 e. The second-order valence-corrected chi connectivity index (χ2v) is 6.11. The maximum absolute atomic E-state index is 10.5. The molecule has 2 aliphatic rings. The lowest BCUT2D eigenvalue weighted by Gasteiger charge is -2.52. The average Bonchev–Trinajstić information content (AvgIpc) is 2.09. The normalized spacial score (nSPS) is 47.1. The highest BCUT2D eigenvalue weighted by Gasteiger charge is 2.51. The average molecular weight is 226 g/mol. The van der Waals surface area contributed by atoms with Gasteiger partial charge in [0, 0.05) is 12.3 Å². The van der Waals surface area contributed by atoms with Gasteiger partial charge in [0.2, 0.25) is 0 Å². The van der Waals surface area contributed by atoms with Crippen LogP contribution < -0.4 is 0 Å². The van der Waals surface area contributed by atoms with Crippen molar-refractivity contribution in [3.8, 4) is 0 Å². The largest absolute Gasteiger partial charge is 0.390 e. The standard InChI is InChI=1S/C13H22O3/c1-8-5-6-9-11(10(8)14)16-12(2,3)7-13(9,4)15/h5,9-11,14-15H,6-7H2,1-4H3/t9-,10-,11-,13?/m1/s1. The number of rotatable bonds is 0. The zero-order valence-corrected chi connectivity index (χ0v) is 10.5. The molecule has 1 heterocycles. The highest BCUT2D eigenvalue weighted by molar-refractivity contribution is 5.17. The monoisotopic (exact) mass is 226 g/mol. The first-order valence-corrected chi connectivity index (χ1v) is 5.98. The summed E-state index contributed by atoms with van der Waals surface area (Å²) in [5.74, 6) is -0.000718. The lowest BCUT2D eigenvalue weighted by Crippen LogP contribution is -2.59. The van der Waals surface area contributed by atoms with Crippen LogP contribution in [0.3, 0.4) is 0 Å². The van der Waals surface area contributed by atoms with Gasteiger partial charge >= 0.3 is 0 Å². The molecule has 0 bridgehead atoms. The molecule has 1 aliphatic carbocycles. The van der Waals surface area contributed by atoms with Gasteiger partial charge in [-0.25, -0.2) is 0 Å². The molecule has 16 heavy (non-hydrogen) atoms. The quantitative estimate of drug-likeness (QED) is 0.617. The molecule has 1 unspecified atom stereocenters. The topological polar surface area (TPSA) is 49.7 Å². The number of ether oxygens (including phenoxy) is 1. The highest BCUT2D eigenvalue weighted by atomic mass is 16.5. The molecule has 0 spiro atoms. The summed E-state index contributed by atoms with van der Waals surface area (Å²) in [6.07, 6.45) is 2.56. The zero-order valence-electron chi connectivity index (χ0n) is 10.5. The molecule has 2 rings (SSSR count). The van der Waals surface area contributed by atoms with Crippen LogP contribution in [0, 0.1) is 5.92 Å². The van der Waals surface area contributed by atoms with E-state index in [1.807, 2.05) is 33.8 Å². The highest BCUT2D eigenvalue weighted by Crippen LogP contribution is 2.45. The Kier molecular flexibility index (Phi) is 2.69. The molecule has 0 saturated carbocycles. The summed E-state index contributed by atoms with van der Waals surface area (Å²) in [7, 11) is 0. The van der Waals surface area contributed by atoms with Gasteiger partial charge in [-0.2, -0.15) is 0 Å². The van der Waals surface area contributed by atoms with Crippen molar-refractivity contribution >= 4 is 0 Å². The summed E-state index contributed by atoms with van der Waals surface area (Å²) < 4.78 is 5.95. The van der Waals surface area contributed by atoms with E-state index in [1.165, 1.54) is 0 Å². The van der Waals surface area contributed by atoms with Crippen molar-refractivity contribution in [2.24, 2.45) is 5.92 Å². The van der Waals surface area contributed by atoms with Crippen molar-refractivity contribution in [3.63, 3.8) is 0 Å². The Morgan fingerprint density at radius 2 is 2.00 bits per heavy atom. The van der Waals surface area contributed by atoms with Crippen molar-refractivity contribution in [3.05, 3.63) is 11.6 Å². The molecule has 3 nitrogen and oxygen atoms in total. The van der Waals surface area contributed by atoms with Crippen LogP contribution in [0.2, 0.25) is 0 Å². The zero-order chi connectivity index (χ0) is 12.1. The van der Waals surface area contributed by atoms with Crippen LogP contribution in [0.1, 0.15) is 40.5 Å². The SMILES string of the molecule is CC1=CC[C@@H]2[C@@H](OC(C)(C)CC2(C)O)[C@@H]1O. The van der Waals surface area contributed by atoms with Crippen LogP contribution in [-0.2, 0) is 4.74 Å². The van der Waals surface area contributed by atoms with Crippen LogP contribution in [0.25, 0.3) is 0 Å². The molecular formula is C13H22O3. The molecule has 2 N–H and O–H groups in total. The molecule has 0 amide bonds. The van der Waals surface area contributed by atoms with E-state index in [0.717, 1.165) is 12.0 Å². The third kappa shape index (κ3) is 1.92. The minimum Gasteiger partial charge on any atom is -0.390 e. The van der Waals surface area contributed by atoms with Gasteiger partial charge in [0.25, 0.3) is 0 Å². The Balaban J connectivity index is 2.32. The van der Waals surface area contributed by atoms with Crippen LogP contribution in [0.15, 0.2) is 11.6 Å². The van der Waals surface area contributed by atoms with Gasteiger partial charge < -0.3 is 14.9 Å². The van der Waals surface area contributed by atoms with Gasteiger partial charge in [-0.3, -0.25) is 0 Å². The maximum atomic E-state index is 10.5. The summed E-state index contributed by atoms with van der Waals surface area (Å²) in [6, 6.07) is 0. The molecular weight excluding hydrogens is 204 g/mol. The van der Waals surface area contributed by atoms with E-state index in [4.69, 9.17) is 4.74 Å². The van der Waals surface area contributed by atoms with E-state index in [1.54, 1.807) is 0 Å². The molecule has 1 aliphatic heterocycles. The fourth-order valence-electron chi connectivity index (χ4n) is 3.20. The Morgan fingerprint density at radius 1 is 1.38 bits per heavy atom. The molecule has 1 fully saturated rings. The number of aliphatic hydroxyl groups is 2. The number of hydrogen-bond acceptors (Lipinski definition) is 3. The van der Waals surface area contributed by atoms with Crippen LogP contribution in [-0.4, -0.2) is 33.6 Å². The number of allylic oxidation sites excluding steroid dienone is 1. The van der Waals surface area contributed by atoms with Crippen molar-refractivity contribution in [1.82, 2.24) is 0 Å². The minimum absolute atomic E-state index is 0.000718. The van der Waals surface area contributed by atoms with E-state index in [-0.39, 0.29) is 17.6 Å². The van der Waals surface area contributed by atoms with Gasteiger partial charge in [0.05, 0.1) is 17.3 Å². The molecule has 0 radical (unpaired) electrons. The molecule has 3 heteroatoms. The minimum atomic E-state index is -0.759. The van der Waals surface area contributed by atoms with Gasteiger partial charge in [-0.1, -0.05) is 6.08 Å². The van der Waals surface area contributed by atoms with Gasteiger partial charge in [-0.05, 0) is 39.7 Å². The summed E-state index contributed by atoms with van der Waals surface area (Å²) in [5, 5.41) is 20.6. The number of fused-ring (bicyclic) bond motifs is 1. The fraction of sp³-hybridized carbons (Fsp3) is 0.846. The van der Waals surface area contributed by atoms with Gasteiger partial charge in [0.1, 0.15) is 6.10 Å². The number of aliphatic hydroxyl groups excluding tert-OH is 1. The van der Waals surface area contributed by atoms with E-state index < -0.39 is 11.7 Å². The van der Waals surface area contributed by atoms with Crippen LogP contribution in [0.4, 0.5) is 0 Å². The number of hydrogen-bond donors (Lipinski definition) is 2. The summed E-state index contributed by atoms with van der Waals surface area (Å²) >= 11 is 0. The van der Waals surface area contributed by atoms with E-state index in [2.05, 4.69) is 0 Å². The lowest BCUT2D eigenvalue weighted by molar-refractivity contribution is -0.235. The Hall–Kier alpha value is -0.380. The Morgan fingerprint density at radius 3 is 2.62 bits per heavy atom.